The van der Waals surface area contributed by atoms with Crippen molar-refractivity contribution < 1.29 is 4.74 Å². The predicted molar refractivity (Wildman–Crippen MR) is 117 cm³/mol. The second-order valence-corrected chi connectivity index (χ2v) is 9.41. The van der Waals surface area contributed by atoms with Crippen LogP contribution in [0.15, 0.2) is 28.1 Å². The molecule has 1 aromatic rings. The average Bonchev–Trinajstić information content (AvgIpc) is 2.97. The molecule has 0 amide bonds. The molecule has 4 rings (SSSR count). The Kier molecular flexibility index (Phi) is 5.57. The van der Waals surface area contributed by atoms with Crippen LogP contribution >= 0.6 is 23.2 Å². The molecule has 0 bridgehead atoms. The van der Waals surface area contributed by atoms with Crippen LogP contribution in [-0.2, 0) is 4.74 Å². The smallest absolute Gasteiger partial charge is 0.259 e. The highest BCUT2D eigenvalue weighted by molar-refractivity contribution is 6.37. The SMILES string of the molecule is Cc1c(N2CCC3(CC2)CO[C@@H](C)[C@H]3N)nc(C)n(C2C=CC=C(Cl)C2Cl)c1=O. The lowest BCUT2D eigenvalue weighted by molar-refractivity contribution is 0.0974. The fraction of sp³-hybridized carbons (Fsp3) is 0.619. The molecule has 1 aromatic heterocycles. The van der Waals surface area contributed by atoms with Crippen molar-refractivity contribution in [3.05, 3.63) is 45.0 Å². The van der Waals surface area contributed by atoms with Crippen LogP contribution in [0.3, 0.4) is 0 Å². The van der Waals surface area contributed by atoms with Gasteiger partial charge in [0.2, 0.25) is 0 Å². The summed E-state index contributed by atoms with van der Waals surface area (Å²) in [5, 5.41) is 0.0451. The van der Waals surface area contributed by atoms with Gasteiger partial charge in [0.15, 0.2) is 0 Å². The van der Waals surface area contributed by atoms with Gasteiger partial charge in [-0.1, -0.05) is 23.8 Å². The molecule has 0 radical (unpaired) electrons. The number of anilines is 1. The van der Waals surface area contributed by atoms with E-state index in [4.69, 9.17) is 38.7 Å². The van der Waals surface area contributed by atoms with Crippen LogP contribution in [0.25, 0.3) is 0 Å². The predicted octanol–water partition coefficient (Wildman–Crippen LogP) is 3.03. The molecular weight excluding hydrogens is 411 g/mol. The normalized spacial score (nSPS) is 31.4. The number of nitrogens with zero attached hydrogens (tertiary/aromatic N) is 3. The third-order valence-electron chi connectivity index (χ3n) is 6.82. The quantitative estimate of drug-likeness (QED) is 0.718. The summed E-state index contributed by atoms with van der Waals surface area (Å²) in [6.07, 6.45) is 7.46. The Balaban J connectivity index is 1.60. The molecule has 2 unspecified atom stereocenters. The maximum atomic E-state index is 13.3. The zero-order chi connectivity index (χ0) is 20.9. The van der Waals surface area contributed by atoms with E-state index >= 15 is 0 Å². The summed E-state index contributed by atoms with van der Waals surface area (Å²) in [4.78, 5) is 20.3. The van der Waals surface area contributed by atoms with Gasteiger partial charge >= 0.3 is 0 Å². The Morgan fingerprint density at radius 1 is 1.31 bits per heavy atom. The van der Waals surface area contributed by atoms with Crippen molar-refractivity contribution >= 4 is 29.0 Å². The fourth-order valence-electron chi connectivity index (χ4n) is 4.84. The van der Waals surface area contributed by atoms with Gasteiger partial charge in [-0.25, -0.2) is 4.98 Å². The number of hydrogen-bond acceptors (Lipinski definition) is 5. The Morgan fingerprint density at radius 2 is 2.00 bits per heavy atom. The highest BCUT2D eigenvalue weighted by Crippen LogP contribution is 2.42. The number of hydrogen-bond donors (Lipinski definition) is 1. The molecule has 8 heteroatoms. The number of rotatable bonds is 2. The largest absolute Gasteiger partial charge is 0.376 e. The minimum Gasteiger partial charge on any atom is -0.376 e. The number of alkyl halides is 1. The summed E-state index contributed by atoms with van der Waals surface area (Å²) in [6, 6.07) is -0.286. The third kappa shape index (κ3) is 3.44. The number of ether oxygens (including phenoxy) is 1. The monoisotopic (exact) mass is 438 g/mol. The molecule has 6 nitrogen and oxygen atoms in total. The van der Waals surface area contributed by atoms with Gasteiger partial charge in [0.1, 0.15) is 11.6 Å². The van der Waals surface area contributed by atoms with Crippen molar-refractivity contribution in [2.24, 2.45) is 11.1 Å². The molecule has 1 aliphatic carbocycles. The maximum Gasteiger partial charge on any atom is 0.259 e. The third-order valence-corrected chi connectivity index (χ3v) is 7.79. The van der Waals surface area contributed by atoms with Gasteiger partial charge in [-0.15, -0.1) is 11.6 Å². The molecule has 1 spiro atoms. The Morgan fingerprint density at radius 3 is 2.62 bits per heavy atom. The first-order valence-corrected chi connectivity index (χ1v) is 11.0. The summed E-state index contributed by atoms with van der Waals surface area (Å²) in [6.45, 7) is 8.08. The van der Waals surface area contributed by atoms with Gasteiger partial charge in [0, 0.05) is 29.6 Å². The van der Waals surface area contributed by atoms with Gasteiger partial charge in [-0.2, -0.15) is 0 Å². The molecule has 2 aliphatic heterocycles. The first-order chi connectivity index (χ1) is 13.7. The van der Waals surface area contributed by atoms with E-state index in [1.54, 1.807) is 10.6 Å². The van der Waals surface area contributed by atoms with Gasteiger partial charge in [0.25, 0.3) is 5.56 Å². The van der Waals surface area contributed by atoms with E-state index in [9.17, 15) is 4.79 Å². The average molecular weight is 439 g/mol. The molecule has 3 aliphatic rings. The number of aryl methyl sites for hydroxylation is 1. The summed E-state index contributed by atoms with van der Waals surface area (Å²) < 4.78 is 7.47. The Labute approximate surface area is 181 Å². The van der Waals surface area contributed by atoms with Crippen molar-refractivity contribution in [3.63, 3.8) is 0 Å². The number of allylic oxidation sites excluding steroid dienone is 4. The number of halogens is 2. The topological polar surface area (TPSA) is 73.4 Å². The summed E-state index contributed by atoms with van der Waals surface area (Å²) in [7, 11) is 0. The van der Waals surface area contributed by atoms with Crippen molar-refractivity contribution in [2.75, 3.05) is 24.6 Å². The second-order valence-electron chi connectivity index (χ2n) is 8.50. The Hall–Kier alpha value is -1.34. The molecule has 158 valence electrons. The van der Waals surface area contributed by atoms with Crippen molar-refractivity contribution in [3.8, 4) is 0 Å². The van der Waals surface area contributed by atoms with Gasteiger partial charge in [0.05, 0.1) is 29.7 Å². The number of nitrogens with two attached hydrogens (primary N) is 1. The maximum absolute atomic E-state index is 13.3. The van der Waals surface area contributed by atoms with Crippen LogP contribution in [0.5, 0.6) is 0 Å². The van der Waals surface area contributed by atoms with Gasteiger partial charge < -0.3 is 15.4 Å². The lowest BCUT2D eigenvalue weighted by atomic mass is 9.73. The molecule has 3 heterocycles. The zero-order valence-corrected chi connectivity index (χ0v) is 18.6. The molecule has 4 atom stereocenters. The van der Waals surface area contributed by atoms with E-state index in [2.05, 4.69) is 4.90 Å². The van der Waals surface area contributed by atoms with Gasteiger partial charge in [-0.05, 0) is 39.7 Å². The number of piperidine rings is 1. The highest BCUT2D eigenvalue weighted by Gasteiger charge is 2.47. The first-order valence-electron chi connectivity index (χ1n) is 10.1. The zero-order valence-electron chi connectivity index (χ0n) is 17.1. The lowest BCUT2D eigenvalue weighted by Crippen LogP contribution is -2.51. The van der Waals surface area contributed by atoms with E-state index < -0.39 is 5.38 Å². The van der Waals surface area contributed by atoms with Crippen LogP contribution in [0.4, 0.5) is 5.82 Å². The van der Waals surface area contributed by atoms with Crippen LogP contribution < -0.4 is 16.2 Å². The van der Waals surface area contributed by atoms with E-state index in [0.717, 1.165) is 38.4 Å². The van der Waals surface area contributed by atoms with E-state index in [1.807, 2.05) is 32.9 Å². The van der Waals surface area contributed by atoms with Crippen molar-refractivity contribution in [1.82, 2.24) is 9.55 Å². The Bertz CT molecular complexity index is 918. The molecule has 2 N–H and O–H groups in total. The standard InChI is InChI=1S/C21H28Cl2N4O2/c1-12-19(26-9-7-21(8-10-26)11-29-13(2)18(21)24)25-14(3)27(20(12)28)16-6-4-5-15(22)17(16)23/h4-6,13,16-18H,7-11,24H2,1-3H3/t13-,16?,17?,18+/m0/s1. The van der Waals surface area contributed by atoms with Crippen molar-refractivity contribution in [2.45, 2.75) is 57.2 Å². The summed E-state index contributed by atoms with van der Waals surface area (Å²) >= 11 is 12.7. The van der Waals surface area contributed by atoms with Crippen molar-refractivity contribution in [1.29, 1.82) is 0 Å². The van der Waals surface area contributed by atoms with E-state index in [0.29, 0.717) is 16.4 Å². The summed E-state index contributed by atoms with van der Waals surface area (Å²) in [5.74, 6) is 1.39. The lowest BCUT2D eigenvalue weighted by Gasteiger charge is -2.42. The molecule has 0 saturated carbocycles. The van der Waals surface area contributed by atoms with Crippen LogP contribution in [0.1, 0.15) is 37.2 Å². The minimum atomic E-state index is -0.481. The fourth-order valence-corrected chi connectivity index (χ4v) is 5.31. The molecular formula is C21H28Cl2N4O2. The van der Waals surface area contributed by atoms with E-state index in [-0.39, 0.29) is 29.2 Å². The van der Waals surface area contributed by atoms with Gasteiger partial charge in [-0.3, -0.25) is 9.36 Å². The minimum absolute atomic E-state index is 0.0374. The molecule has 29 heavy (non-hydrogen) atoms. The molecule has 0 aromatic carbocycles. The first kappa shape index (κ1) is 20.9. The van der Waals surface area contributed by atoms with Crippen LogP contribution in [0, 0.1) is 19.3 Å². The molecule has 2 fully saturated rings. The highest BCUT2D eigenvalue weighted by atomic mass is 35.5. The number of aromatic nitrogens is 2. The second kappa shape index (κ2) is 7.73. The van der Waals surface area contributed by atoms with Crippen LogP contribution in [-0.4, -0.2) is 46.8 Å². The van der Waals surface area contributed by atoms with Crippen LogP contribution in [0.2, 0.25) is 0 Å². The summed E-state index contributed by atoms with van der Waals surface area (Å²) in [5.41, 5.74) is 7.03. The molecule has 2 saturated heterocycles. The van der Waals surface area contributed by atoms with E-state index in [1.165, 1.54) is 0 Å².